The number of nitrogens with one attached hydrogen (secondary N) is 2. The number of aliphatic hydroxyl groups is 1. The van der Waals surface area contributed by atoms with Crippen molar-refractivity contribution in [1.82, 2.24) is 5.32 Å². The van der Waals surface area contributed by atoms with Crippen LogP contribution in [0.4, 0.5) is 5.69 Å². The smallest absolute Gasteiger partial charge is 0.227 e. The Labute approximate surface area is 194 Å². The molecule has 0 unspecified atom stereocenters. The van der Waals surface area contributed by atoms with Crippen LogP contribution in [0.3, 0.4) is 0 Å². The Bertz CT molecular complexity index is 864. The molecular formula is C25H34N2O6. The van der Waals surface area contributed by atoms with Crippen LogP contribution >= 0.6 is 0 Å². The SMILES string of the molecule is O=C(C[C@@H]1C[C@@H]2c3cc(NC(=O)C4CCOCC4)ccc3O[C@@H]2[C@H](CO)O1)NC1CCCC1. The molecule has 3 aliphatic heterocycles. The van der Waals surface area contributed by atoms with E-state index in [2.05, 4.69) is 10.6 Å². The Kier molecular flexibility index (Phi) is 6.85. The molecule has 2 amide bonds. The molecule has 0 radical (unpaired) electrons. The van der Waals surface area contributed by atoms with E-state index < -0.39 is 6.10 Å². The van der Waals surface area contributed by atoms with Crippen molar-refractivity contribution in [2.24, 2.45) is 5.92 Å². The van der Waals surface area contributed by atoms with Gasteiger partial charge in [-0.15, -0.1) is 0 Å². The highest BCUT2D eigenvalue weighted by Crippen LogP contribution is 2.47. The zero-order valence-electron chi connectivity index (χ0n) is 19.0. The van der Waals surface area contributed by atoms with E-state index >= 15 is 0 Å². The van der Waals surface area contributed by atoms with E-state index in [4.69, 9.17) is 14.2 Å². The number of ether oxygens (including phenoxy) is 3. The fourth-order valence-corrected chi connectivity index (χ4v) is 5.73. The van der Waals surface area contributed by atoms with Crippen LogP contribution in [0.25, 0.3) is 0 Å². The maximum atomic E-state index is 12.7. The quantitative estimate of drug-likeness (QED) is 0.605. The topological polar surface area (TPSA) is 106 Å². The molecule has 0 bridgehead atoms. The predicted molar refractivity (Wildman–Crippen MR) is 121 cm³/mol. The molecule has 4 atom stereocenters. The van der Waals surface area contributed by atoms with Crippen LogP contribution in [0.1, 0.15) is 62.8 Å². The van der Waals surface area contributed by atoms with Gasteiger partial charge < -0.3 is 30.0 Å². The summed E-state index contributed by atoms with van der Waals surface area (Å²) in [6.45, 7) is 1.08. The van der Waals surface area contributed by atoms with Gasteiger partial charge in [0.1, 0.15) is 18.0 Å². The summed E-state index contributed by atoms with van der Waals surface area (Å²) in [6.07, 6.45) is 5.78. The summed E-state index contributed by atoms with van der Waals surface area (Å²) in [5.74, 6) is 0.775. The van der Waals surface area contributed by atoms with E-state index in [1.165, 1.54) is 12.8 Å². The van der Waals surface area contributed by atoms with Crippen molar-refractivity contribution in [1.29, 1.82) is 0 Å². The molecule has 8 heteroatoms. The van der Waals surface area contributed by atoms with E-state index in [0.717, 1.165) is 42.7 Å². The number of hydrogen-bond donors (Lipinski definition) is 3. The maximum absolute atomic E-state index is 12.7. The van der Waals surface area contributed by atoms with Crippen molar-refractivity contribution in [3.63, 3.8) is 0 Å². The average Bonchev–Trinajstić information content (AvgIpc) is 3.46. The molecule has 8 nitrogen and oxygen atoms in total. The molecule has 1 aromatic rings. The van der Waals surface area contributed by atoms with Crippen LogP contribution in [-0.2, 0) is 19.1 Å². The molecule has 5 rings (SSSR count). The fraction of sp³-hybridized carbons (Fsp3) is 0.680. The number of carbonyl (C=O) groups excluding carboxylic acids is 2. The Morgan fingerprint density at radius 3 is 2.64 bits per heavy atom. The van der Waals surface area contributed by atoms with Crippen LogP contribution in [0.15, 0.2) is 18.2 Å². The van der Waals surface area contributed by atoms with Gasteiger partial charge in [0.15, 0.2) is 0 Å². The first kappa shape index (κ1) is 22.6. The van der Waals surface area contributed by atoms with E-state index in [1.54, 1.807) is 0 Å². The Hall–Kier alpha value is -2.16. The molecular weight excluding hydrogens is 424 g/mol. The number of aliphatic hydroxyl groups excluding tert-OH is 1. The summed E-state index contributed by atoms with van der Waals surface area (Å²) in [5, 5.41) is 16.1. The first-order valence-electron chi connectivity index (χ1n) is 12.4. The summed E-state index contributed by atoms with van der Waals surface area (Å²) in [4.78, 5) is 25.3. The molecule has 3 heterocycles. The largest absolute Gasteiger partial charge is 0.487 e. The third kappa shape index (κ3) is 5.03. The minimum absolute atomic E-state index is 0.00936. The molecule has 1 aliphatic carbocycles. The van der Waals surface area contributed by atoms with Crippen LogP contribution in [0, 0.1) is 5.92 Å². The van der Waals surface area contributed by atoms with Gasteiger partial charge in [0.2, 0.25) is 11.8 Å². The number of hydrogen-bond acceptors (Lipinski definition) is 6. The number of rotatable bonds is 6. The zero-order valence-corrected chi connectivity index (χ0v) is 19.0. The van der Waals surface area contributed by atoms with E-state index in [-0.39, 0.29) is 54.9 Å². The first-order valence-corrected chi connectivity index (χ1v) is 12.4. The maximum Gasteiger partial charge on any atom is 0.227 e. The van der Waals surface area contributed by atoms with Crippen molar-refractivity contribution in [2.75, 3.05) is 25.1 Å². The van der Waals surface area contributed by atoms with E-state index in [9.17, 15) is 14.7 Å². The van der Waals surface area contributed by atoms with Crippen LogP contribution in [-0.4, -0.2) is 61.1 Å². The van der Waals surface area contributed by atoms with Crippen LogP contribution < -0.4 is 15.4 Å². The zero-order chi connectivity index (χ0) is 22.8. The fourth-order valence-electron chi connectivity index (χ4n) is 5.73. The minimum atomic E-state index is -0.485. The molecule has 4 aliphatic rings. The third-order valence-electron chi connectivity index (χ3n) is 7.49. The second kappa shape index (κ2) is 9.99. The Morgan fingerprint density at radius 1 is 1.09 bits per heavy atom. The van der Waals surface area contributed by atoms with Crippen molar-refractivity contribution >= 4 is 17.5 Å². The van der Waals surface area contributed by atoms with Gasteiger partial charge in [0.25, 0.3) is 0 Å². The number of carbonyl (C=O) groups is 2. The van der Waals surface area contributed by atoms with E-state index in [1.807, 2.05) is 18.2 Å². The molecule has 33 heavy (non-hydrogen) atoms. The molecule has 0 aromatic heterocycles. The summed E-state index contributed by atoms with van der Waals surface area (Å²) in [7, 11) is 0. The standard InChI is InChI=1S/C25H34N2O6/c28-14-22-24-20(12-18(32-22)13-23(29)26-16-3-1-2-4-16)19-11-17(5-6-21(19)33-24)27-25(30)15-7-9-31-10-8-15/h5-6,11,15-16,18,20,22,24,28H,1-4,7-10,12-14H2,(H,26,29)(H,27,30)/t18-,20+,22-,24-/m0/s1. The average molecular weight is 459 g/mol. The minimum Gasteiger partial charge on any atom is -0.487 e. The monoisotopic (exact) mass is 458 g/mol. The molecule has 2 saturated heterocycles. The number of amides is 2. The molecule has 180 valence electrons. The molecule has 1 saturated carbocycles. The summed E-state index contributed by atoms with van der Waals surface area (Å²) in [5.41, 5.74) is 1.75. The van der Waals surface area contributed by atoms with Crippen molar-refractivity contribution in [3.8, 4) is 5.75 Å². The highest BCUT2D eigenvalue weighted by atomic mass is 16.6. The lowest BCUT2D eigenvalue weighted by Gasteiger charge is -2.37. The van der Waals surface area contributed by atoms with Gasteiger partial charge in [-0.1, -0.05) is 12.8 Å². The molecule has 3 fully saturated rings. The third-order valence-corrected chi connectivity index (χ3v) is 7.49. The lowest BCUT2D eigenvalue weighted by atomic mass is 9.84. The lowest BCUT2D eigenvalue weighted by Crippen LogP contribution is -2.47. The van der Waals surface area contributed by atoms with Crippen LogP contribution in [0.5, 0.6) is 5.75 Å². The van der Waals surface area contributed by atoms with Gasteiger partial charge in [-0.3, -0.25) is 9.59 Å². The molecule has 1 aromatic carbocycles. The van der Waals surface area contributed by atoms with Gasteiger partial charge in [0, 0.05) is 42.3 Å². The van der Waals surface area contributed by atoms with Gasteiger partial charge in [-0.05, 0) is 50.3 Å². The highest BCUT2D eigenvalue weighted by Gasteiger charge is 2.46. The summed E-state index contributed by atoms with van der Waals surface area (Å²) < 4.78 is 17.6. The van der Waals surface area contributed by atoms with Crippen molar-refractivity contribution in [3.05, 3.63) is 23.8 Å². The van der Waals surface area contributed by atoms with Gasteiger partial charge in [-0.2, -0.15) is 0 Å². The summed E-state index contributed by atoms with van der Waals surface area (Å²) >= 11 is 0. The Morgan fingerprint density at radius 2 is 1.88 bits per heavy atom. The number of benzene rings is 1. The predicted octanol–water partition coefficient (Wildman–Crippen LogP) is 2.50. The number of anilines is 1. The van der Waals surface area contributed by atoms with Crippen LogP contribution in [0.2, 0.25) is 0 Å². The van der Waals surface area contributed by atoms with Crippen molar-refractivity contribution < 1.29 is 28.9 Å². The normalized spacial score (nSPS) is 29.7. The second-order valence-corrected chi connectivity index (χ2v) is 9.79. The highest BCUT2D eigenvalue weighted by molar-refractivity contribution is 5.92. The van der Waals surface area contributed by atoms with Gasteiger partial charge >= 0.3 is 0 Å². The first-order chi connectivity index (χ1) is 16.1. The van der Waals surface area contributed by atoms with Gasteiger partial charge in [-0.25, -0.2) is 0 Å². The van der Waals surface area contributed by atoms with Gasteiger partial charge in [0.05, 0.1) is 19.1 Å². The molecule has 3 N–H and O–H groups in total. The van der Waals surface area contributed by atoms with E-state index in [0.29, 0.717) is 19.6 Å². The van der Waals surface area contributed by atoms with Crippen molar-refractivity contribution in [2.45, 2.75) is 81.6 Å². The second-order valence-electron chi connectivity index (χ2n) is 9.79. The summed E-state index contributed by atoms with van der Waals surface area (Å²) in [6, 6.07) is 5.99. The lowest BCUT2D eigenvalue weighted by molar-refractivity contribution is -0.142. The molecule has 0 spiro atoms. The Balaban J connectivity index is 1.26. The number of fused-ring (bicyclic) bond motifs is 3.